The van der Waals surface area contributed by atoms with Crippen molar-refractivity contribution in [1.29, 1.82) is 0 Å². The zero-order chi connectivity index (χ0) is 33.1. The number of aromatic nitrogens is 3. The SMILES string of the molecule is CCOC(=O)C(NC(=O)c1cc(-c2cccc(-c3ncc(C(=O)NC(CC)CC)o3)c2)nn1CCOCc1ccccc1)C(C)C. The van der Waals surface area contributed by atoms with Crippen LogP contribution in [0.1, 0.15) is 74.1 Å². The normalized spacial score (nSPS) is 11.9. The molecule has 244 valence electrons. The van der Waals surface area contributed by atoms with Gasteiger partial charge in [0, 0.05) is 17.2 Å². The summed E-state index contributed by atoms with van der Waals surface area (Å²) < 4.78 is 18.5. The Morgan fingerprint density at radius 1 is 0.913 bits per heavy atom. The maximum absolute atomic E-state index is 13.6. The number of ether oxygens (including phenoxy) is 2. The fraction of sp³-hybridized carbons (Fsp3) is 0.400. The van der Waals surface area contributed by atoms with E-state index in [4.69, 9.17) is 19.0 Å². The van der Waals surface area contributed by atoms with Gasteiger partial charge in [0.05, 0.1) is 38.3 Å². The summed E-state index contributed by atoms with van der Waals surface area (Å²) in [7, 11) is 0. The van der Waals surface area contributed by atoms with E-state index in [0.717, 1.165) is 18.4 Å². The Morgan fingerprint density at radius 2 is 1.65 bits per heavy atom. The third-order valence-corrected chi connectivity index (χ3v) is 7.52. The van der Waals surface area contributed by atoms with Crippen LogP contribution in [-0.2, 0) is 27.4 Å². The first-order valence-corrected chi connectivity index (χ1v) is 15.8. The Balaban J connectivity index is 1.58. The Bertz CT molecular complexity index is 1590. The molecule has 2 aromatic heterocycles. The zero-order valence-corrected chi connectivity index (χ0v) is 27.1. The van der Waals surface area contributed by atoms with Crippen LogP contribution in [0.15, 0.2) is 71.3 Å². The van der Waals surface area contributed by atoms with Crippen LogP contribution in [0, 0.1) is 5.92 Å². The average Bonchev–Trinajstić information content (AvgIpc) is 3.73. The van der Waals surface area contributed by atoms with Gasteiger partial charge in [0.2, 0.25) is 11.7 Å². The smallest absolute Gasteiger partial charge is 0.328 e. The quantitative estimate of drug-likeness (QED) is 0.120. The van der Waals surface area contributed by atoms with Gasteiger partial charge >= 0.3 is 5.97 Å². The molecule has 4 rings (SSSR count). The summed E-state index contributed by atoms with van der Waals surface area (Å²) in [5, 5.41) is 10.5. The standard InChI is InChI=1S/C35H43N5O6/c1-6-27(7-2)37-33(42)30-21-36-34(46-30)26-16-12-15-25(19-26)28-20-29(32(41)38-31(23(4)5)35(43)45-8-3)40(39-28)17-18-44-22-24-13-10-9-11-14-24/h9-16,19-21,23,27,31H,6-8,17-18,22H2,1-5H3,(H,37,42)(H,38,41). The van der Waals surface area contributed by atoms with Crippen LogP contribution >= 0.6 is 0 Å². The Labute approximate surface area is 269 Å². The van der Waals surface area contributed by atoms with Crippen molar-refractivity contribution in [3.8, 4) is 22.7 Å². The average molecular weight is 630 g/mol. The fourth-order valence-corrected chi connectivity index (χ4v) is 4.84. The van der Waals surface area contributed by atoms with E-state index in [0.29, 0.717) is 36.6 Å². The van der Waals surface area contributed by atoms with E-state index in [-0.39, 0.29) is 41.8 Å². The molecule has 2 amide bonds. The second kappa shape index (κ2) is 16.5. The van der Waals surface area contributed by atoms with E-state index in [2.05, 4.69) is 15.6 Å². The molecule has 2 N–H and O–H groups in total. The predicted octanol–water partition coefficient (Wildman–Crippen LogP) is 5.66. The molecular weight excluding hydrogens is 586 g/mol. The topological polar surface area (TPSA) is 138 Å². The van der Waals surface area contributed by atoms with Gasteiger partial charge in [-0.2, -0.15) is 5.10 Å². The number of benzene rings is 2. The van der Waals surface area contributed by atoms with E-state index in [9.17, 15) is 14.4 Å². The van der Waals surface area contributed by atoms with Crippen molar-refractivity contribution in [3.05, 3.63) is 83.9 Å². The number of oxazole rings is 1. The highest BCUT2D eigenvalue weighted by molar-refractivity contribution is 5.96. The third-order valence-electron chi connectivity index (χ3n) is 7.52. The number of carbonyl (C=O) groups is 3. The summed E-state index contributed by atoms with van der Waals surface area (Å²) in [4.78, 5) is 43.2. The van der Waals surface area contributed by atoms with Gasteiger partial charge in [0.1, 0.15) is 11.7 Å². The summed E-state index contributed by atoms with van der Waals surface area (Å²) in [6.45, 7) is 10.7. The van der Waals surface area contributed by atoms with Gasteiger partial charge in [-0.25, -0.2) is 9.78 Å². The second-order valence-corrected chi connectivity index (χ2v) is 11.2. The molecule has 0 aliphatic heterocycles. The lowest BCUT2D eigenvalue weighted by Crippen LogP contribution is -2.45. The molecule has 0 saturated heterocycles. The van der Waals surface area contributed by atoms with Crippen LogP contribution in [0.2, 0.25) is 0 Å². The van der Waals surface area contributed by atoms with Crippen molar-refractivity contribution in [3.63, 3.8) is 0 Å². The monoisotopic (exact) mass is 629 g/mol. The molecular formula is C35H43N5O6. The van der Waals surface area contributed by atoms with Crippen LogP contribution in [0.25, 0.3) is 22.7 Å². The van der Waals surface area contributed by atoms with Crippen molar-refractivity contribution >= 4 is 17.8 Å². The van der Waals surface area contributed by atoms with Crippen molar-refractivity contribution in [1.82, 2.24) is 25.4 Å². The summed E-state index contributed by atoms with van der Waals surface area (Å²) in [5.74, 6) is -1.02. The number of hydrogen-bond acceptors (Lipinski definition) is 8. The van der Waals surface area contributed by atoms with Crippen LogP contribution in [-0.4, -0.2) is 57.8 Å². The van der Waals surface area contributed by atoms with E-state index in [1.165, 1.54) is 6.20 Å². The molecule has 11 nitrogen and oxygen atoms in total. The molecule has 46 heavy (non-hydrogen) atoms. The molecule has 0 radical (unpaired) electrons. The molecule has 0 bridgehead atoms. The van der Waals surface area contributed by atoms with Gasteiger partial charge in [0.15, 0.2) is 0 Å². The minimum Gasteiger partial charge on any atom is -0.464 e. The van der Waals surface area contributed by atoms with Crippen molar-refractivity contribution in [2.24, 2.45) is 5.92 Å². The van der Waals surface area contributed by atoms with Gasteiger partial charge in [-0.3, -0.25) is 14.3 Å². The first kappa shape index (κ1) is 34.1. The molecule has 1 unspecified atom stereocenters. The van der Waals surface area contributed by atoms with Gasteiger partial charge in [-0.15, -0.1) is 0 Å². The number of rotatable bonds is 16. The van der Waals surface area contributed by atoms with Crippen LogP contribution < -0.4 is 10.6 Å². The number of hydrogen-bond donors (Lipinski definition) is 2. The third kappa shape index (κ3) is 8.91. The molecule has 1 atom stereocenters. The van der Waals surface area contributed by atoms with Gasteiger partial charge < -0.3 is 24.5 Å². The molecule has 2 aromatic carbocycles. The van der Waals surface area contributed by atoms with Gasteiger partial charge in [0.25, 0.3) is 11.8 Å². The molecule has 0 spiro atoms. The first-order valence-electron chi connectivity index (χ1n) is 15.8. The largest absolute Gasteiger partial charge is 0.464 e. The Hall–Kier alpha value is -4.77. The molecule has 11 heteroatoms. The molecule has 0 fully saturated rings. The highest BCUT2D eigenvalue weighted by Gasteiger charge is 2.28. The summed E-state index contributed by atoms with van der Waals surface area (Å²) in [6.07, 6.45) is 3.05. The second-order valence-electron chi connectivity index (χ2n) is 11.2. The fourth-order valence-electron chi connectivity index (χ4n) is 4.84. The highest BCUT2D eigenvalue weighted by Crippen LogP contribution is 2.27. The van der Waals surface area contributed by atoms with Gasteiger partial charge in [-0.1, -0.05) is 70.2 Å². The predicted molar refractivity (Wildman–Crippen MR) is 174 cm³/mol. The minimum atomic E-state index is -0.821. The van der Waals surface area contributed by atoms with E-state index in [1.54, 1.807) is 17.7 Å². The van der Waals surface area contributed by atoms with Crippen molar-refractivity contribution < 1.29 is 28.3 Å². The summed E-state index contributed by atoms with van der Waals surface area (Å²) in [5.41, 5.74) is 3.20. The van der Waals surface area contributed by atoms with Gasteiger partial charge in [-0.05, 0) is 49.4 Å². The minimum absolute atomic E-state index is 0.0581. The van der Waals surface area contributed by atoms with Crippen LogP contribution in [0.4, 0.5) is 0 Å². The van der Waals surface area contributed by atoms with E-state index < -0.39 is 17.9 Å². The highest BCUT2D eigenvalue weighted by atomic mass is 16.5. The summed E-state index contributed by atoms with van der Waals surface area (Å²) in [6, 6.07) is 18.1. The Morgan fingerprint density at radius 3 is 2.35 bits per heavy atom. The van der Waals surface area contributed by atoms with Crippen LogP contribution in [0.3, 0.4) is 0 Å². The number of amides is 2. The first-order chi connectivity index (χ1) is 22.2. The molecule has 4 aromatic rings. The summed E-state index contributed by atoms with van der Waals surface area (Å²) >= 11 is 0. The molecule has 0 aliphatic carbocycles. The number of esters is 1. The number of carbonyl (C=O) groups excluding carboxylic acids is 3. The lowest BCUT2D eigenvalue weighted by atomic mass is 10.0. The molecule has 0 saturated carbocycles. The van der Waals surface area contributed by atoms with Crippen LogP contribution in [0.5, 0.6) is 0 Å². The Kier molecular flexibility index (Phi) is 12.2. The number of nitrogens with zero attached hydrogens (tertiary/aromatic N) is 3. The van der Waals surface area contributed by atoms with Crippen molar-refractivity contribution in [2.75, 3.05) is 13.2 Å². The maximum atomic E-state index is 13.6. The van der Waals surface area contributed by atoms with E-state index >= 15 is 0 Å². The molecule has 0 aliphatic rings. The maximum Gasteiger partial charge on any atom is 0.328 e. The lowest BCUT2D eigenvalue weighted by molar-refractivity contribution is -0.146. The zero-order valence-electron chi connectivity index (χ0n) is 27.1. The lowest BCUT2D eigenvalue weighted by Gasteiger charge is -2.20. The molecule has 2 heterocycles. The number of nitrogens with one attached hydrogen (secondary N) is 2. The van der Waals surface area contributed by atoms with Crippen molar-refractivity contribution in [2.45, 2.75) is 72.7 Å². The van der Waals surface area contributed by atoms with E-state index in [1.807, 2.05) is 82.3 Å².